The van der Waals surface area contributed by atoms with Crippen molar-refractivity contribution in [3.63, 3.8) is 0 Å². The molecule has 0 saturated carbocycles. The van der Waals surface area contributed by atoms with E-state index in [1.165, 1.54) is 16.7 Å². The molecule has 0 unspecified atom stereocenters. The lowest BCUT2D eigenvalue weighted by Crippen LogP contribution is -2.28. The lowest BCUT2D eigenvalue weighted by molar-refractivity contribution is 0.0998. The van der Waals surface area contributed by atoms with E-state index in [9.17, 15) is 9.59 Å². The Kier molecular flexibility index (Phi) is 4.76. The van der Waals surface area contributed by atoms with Crippen LogP contribution in [0.2, 0.25) is 0 Å². The number of rotatable bonds is 4. The van der Waals surface area contributed by atoms with Gasteiger partial charge in [-0.2, -0.15) is 4.37 Å². The summed E-state index contributed by atoms with van der Waals surface area (Å²) in [7, 11) is 3.23. The number of nitrogens with two attached hydrogens (primary N) is 1. The highest BCUT2D eigenvalue weighted by Crippen LogP contribution is 2.31. The van der Waals surface area contributed by atoms with Crippen molar-refractivity contribution < 1.29 is 9.59 Å². The third-order valence-electron chi connectivity index (χ3n) is 1.81. The van der Waals surface area contributed by atoms with E-state index in [4.69, 9.17) is 5.73 Å². The molecule has 6 nitrogen and oxygen atoms in total. The normalized spacial score (nSPS) is 10.1. The predicted molar refractivity (Wildman–Crippen MR) is 69.7 cm³/mol. The fraction of sp³-hybridized carbons (Fsp3) is 0.444. The smallest absolute Gasteiger partial charge is 0.321 e. The molecule has 94 valence electrons. The van der Waals surface area contributed by atoms with Gasteiger partial charge in [-0.05, 0) is 17.3 Å². The first-order valence-corrected chi connectivity index (χ1v) is 6.63. The molecule has 0 bridgehead atoms. The van der Waals surface area contributed by atoms with Crippen LogP contribution in [0.1, 0.15) is 17.3 Å². The largest absolute Gasteiger partial charge is 0.365 e. The molecule has 0 radical (unpaired) electrons. The van der Waals surface area contributed by atoms with Gasteiger partial charge >= 0.3 is 6.03 Å². The molecule has 1 heterocycles. The number of carbonyl (C=O) groups is 2. The van der Waals surface area contributed by atoms with Crippen molar-refractivity contribution in [2.24, 2.45) is 5.73 Å². The van der Waals surface area contributed by atoms with Crippen molar-refractivity contribution in [2.75, 3.05) is 25.2 Å². The molecule has 1 rings (SSSR count). The van der Waals surface area contributed by atoms with Crippen LogP contribution in [0, 0.1) is 0 Å². The van der Waals surface area contributed by atoms with Crippen molar-refractivity contribution >= 4 is 40.2 Å². The fourth-order valence-corrected chi connectivity index (χ4v) is 2.72. The van der Waals surface area contributed by atoms with Crippen molar-refractivity contribution in [1.82, 2.24) is 9.27 Å². The van der Waals surface area contributed by atoms with Gasteiger partial charge in [0.1, 0.15) is 15.6 Å². The Morgan fingerprint density at radius 3 is 2.65 bits per heavy atom. The number of aromatic nitrogens is 1. The van der Waals surface area contributed by atoms with E-state index < -0.39 is 5.91 Å². The van der Waals surface area contributed by atoms with Gasteiger partial charge in [-0.1, -0.05) is 6.92 Å². The predicted octanol–water partition coefficient (Wildman–Crippen LogP) is 1.45. The minimum absolute atomic E-state index is 0.289. The van der Waals surface area contributed by atoms with Crippen molar-refractivity contribution in [3.8, 4) is 0 Å². The monoisotopic (exact) mass is 274 g/mol. The van der Waals surface area contributed by atoms with Gasteiger partial charge in [0.15, 0.2) is 0 Å². The van der Waals surface area contributed by atoms with Gasteiger partial charge in [0.25, 0.3) is 5.91 Å². The van der Waals surface area contributed by atoms with E-state index in [0.717, 1.165) is 17.3 Å². The average Bonchev–Trinajstić information content (AvgIpc) is 2.61. The van der Waals surface area contributed by atoms with Gasteiger partial charge < -0.3 is 10.6 Å². The zero-order chi connectivity index (χ0) is 13.0. The number of hydrogen-bond donors (Lipinski definition) is 2. The van der Waals surface area contributed by atoms with Gasteiger partial charge in [0.2, 0.25) is 0 Å². The first-order valence-electron chi connectivity index (χ1n) is 4.88. The highest BCUT2D eigenvalue weighted by atomic mass is 32.2. The van der Waals surface area contributed by atoms with Crippen LogP contribution in [-0.2, 0) is 0 Å². The Labute approximate surface area is 108 Å². The third kappa shape index (κ3) is 3.34. The first kappa shape index (κ1) is 13.8. The molecule has 0 saturated heterocycles. The summed E-state index contributed by atoms with van der Waals surface area (Å²) in [5.41, 5.74) is 5.58. The second kappa shape index (κ2) is 5.87. The molecule has 0 spiro atoms. The third-order valence-corrected chi connectivity index (χ3v) is 3.55. The van der Waals surface area contributed by atoms with E-state index in [-0.39, 0.29) is 11.6 Å². The zero-order valence-electron chi connectivity index (χ0n) is 9.81. The second-order valence-electron chi connectivity index (χ2n) is 3.31. The summed E-state index contributed by atoms with van der Waals surface area (Å²) >= 11 is 2.48. The minimum Gasteiger partial charge on any atom is -0.365 e. The van der Waals surface area contributed by atoms with Crippen molar-refractivity contribution in [3.05, 3.63) is 5.56 Å². The standard InChI is InChI=1S/C9H14N4O2S2/c1-4-16-8-5(6(10)14)7(17-12-8)11-9(15)13(2)3/h4H2,1-3H3,(H2,10,14)(H,11,15). The summed E-state index contributed by atoms with van der Waals surface area (Å²) < 4.78 is 4.11. The van der Waals surface area contributed by atoms with Crippen LogP contribution in [0.25, 0.3) is 0 Å². The van der Waals surface area contributed by atoms with E-state index in [1.54, 1.807) is 14.1 Å². The van der Waals surface area contributed by atoms with E-state index >= 15 is 0 Å². The molecule has 3 N–H and O–H groups in total. The Morgan fingerprint density at radius 2 is 2.18 bits per heavy atom. The molecule has 3 amide bonds. The minimum atomic E-state index is -0.580. The van der Waals surface area contributed by atoms with E-state index in [2.05, 4.69) is 9.69 Å². The molecule has 0 aliphatic carbocycles. The highest BCUT2D eigenvalue weighted by Gasteiger charge is 2.20. The summed E-state index contributed by atoms with van der Waals surface area (Å²) in [5.74, 6) is 0.203. The average molecular weight is 274 g/mol. The fourth-order valence-electron chi connectivity index (χ4n) is 1.02. The summed E-state index contributed by atoms with van der Waals surface area (Å²) in [6.45, 7) is 1.95. The molecule has 0 fully saturated rings. The van der Waals surface area contributed by atoms with E-state index in [0.29, 0.717) is 10.0 Å². The first-order chi connectivity index (χ1) is 7.97. The van der Waals surface area contributed by atoms with Crippen molar-refractivity contribution in [2.45, 2.75) is 11.9 Å². The van der Waals surface area contributed by atoms with Gasteiger partial charge in [-0.25, -0.2) is 4.79 Å². The summed E-state index contributed by atoms with van der Waals surface area (Å²) in [5, 5.41) is 3.56. The molecule has 17 heavy (non-hydrogen) atoms. The van der Waals surface area contributed by atoms with Gasteiger partial charge in [0.05, 0.1) is 0 Å². The number of nitrogens with one attached hydrogen (secondary N) is 1. The Hall–Kier alpha value is -1.28. The number of nitrogens with zero attached hydrogens (tertiary/aromatic N) is 2. The maximum Gasteiger partial charge on any atom is 0.321 e. The van der Waals surface area contributed by atoms with Crippen LogP contribution in [-0.4, -0.2) is 41.1 Å². The van der Waals surface area contributed by atoms with E-state index in [1.807, 2.05) is 6.92 Å². The topological polar surface area (TPSA) is 88.3 Å². The molecule has 0 atom stereocenters. The van der Waals surface area contributed by atoms with Gasteiger partial charge in [-0.3, -0.25) is 10.1 Å². The van der Waals surface area contributed by atoms with Crippen LogP contribution in [0.5, 0.6) is 0 Å². The quantitative estimate of drug-likeness (QED) is 0.813. The Balaban J connectivity index is 3.00. The lowest BCUT2D eigenvalue weighted by Gasteiger charge is -2.10. The maximum absolute atomic E-state index is 11.5. The number of thioether (sulfide) groups is 1. The number of urea groups is 1. The Morgan fingerprint density at radius 1 is 1.53 bits per heavy atom. The van der Waals surface area contributed by atoms with Gasteiger partial charge in [0, 0.05) is 14.1 Å². The lowest BCUT2D eigenvalue weighted by atomic mass is 10.3. The van der Waals surface area contributed by atoms with Crippen LogP contribution >= 0.6 is 23.3 Å². The molecule has 1 aromatic heterocycles. The molecule has 0 aliphatic heterocycles. The number of primary amides is 1. The van der Waals surface area contributed by atoms with Crippen LogP contribution in [0.4, 0.5) is 9.80 Å². The molecule has 8 heteroatoms. The molecule has 0 aromatic carbocycles. The van der Waals surface area contributed by atoms with Crippen molar-refractivity contribution in [1.29, 1.82) is 0 Å². The molecule has 0 aliphatic rings. The highest BCUT2D eigenvalue weighted by molar-refractivity contribution is 7.99. The SMILES string of the molecule is CCSc1nsc(NC(=O)N(C)C)c1C(N)=O. The number of carbonyl (C=O) groups excluding carboxylic acids is 2. The Bertz CT molecular complexity index is 431. The maximum atomic E-state index is 11.5. The molecular weight excluding hydrogens is 260 g/mol. The summed E-state index contributed by atoms with van der Waals surface area (Å²) in [6, 6.07) is -0.316. The van der Waals surface area contributed by atoms with Crippen LogP contribution in [0.3, 0.4) is 0 Å². The number of hydrogen-bond acceptors (Lipinski definition) is 5. The van der Waals surface area contributed by atoms with Crippen LogP contribution in [0.15, 0.2) is 5.03 Å². The van der Waals surface area contributed by atoms with Gasteiger partial charge in [-0.15, -0.1) is 11.8 Å². The summed E-state index contributed by atoms with van der Waals surface area (Å²) in [4.78, 5) is 24.2. The molecular formula is C9H14N4O2S2. The second-order valence-corrected chi connectivity index (χ2v) is 5.34. The van der Waals surface area contributed by atoms with Crippen LogP contribution < -0.4 is 11.1 Å². The zero-order valence-corrected chi connectivity index (χ0v) is 11.4. The number of anilines is 1. The number of amides is 3. The summed E-state index contributed by atoms with van der Waals surface area (Å²) in [6.07, 6.45) is 0. The molecule has 1 aromatic rings.